The van der Waals surface area contributed by atoms with Crippen molar-refractivity contribution in [1.82, 2.24) is 10.2 Å². The van der Waals surface area contributed by atoms with Crippen molar-refractivity contribution in [3.63, 3.8) is 0 Å². The third kappa shape index (κ3) is 3.20. The van der Waals surface area contributed by atoms with E-state index in [2.05, 4.69) is 21.6 Å². The van der Waals surface area contributed by atoms with Crippen LogP contribution in [0.3, 0.4) is 0 Å². The van der Waals surface area contributed by atoms with Crippen LogP contribution in [0.25, 0.3) is 0 Å². The van der Waals surface area contributed by atoms with Gasteiger partial charge in [0.1, 0.15) is 0 Å². The number of hydrogen-bond donors (Lipinski definition) is 1. The molecule has 2 rings (SSSR count). The second kappa shape index (κ2) is 6.01. The molecule has 2 aromatic rings. The van der Waals surface area contributed by atoms with E-state index < -0.39 is 0 Å². The first-order valence-corrected chi connectivity index (χ1v) is 6.72. The number of rotatable bonds is 4. The monoisotopic (exact) mass is 273 g/mol. The lowest BCUT2D eigenvalue weighted by Gasteiger charge is -2.00. The molecule has 0 atom stereocenters. The van der Waals surface area contributed by atoms with Gasteiger partial charge in [-0.2, -0.15) is 10.5 Å². The summed E-state index contributed by atoms with van der Waals surface area (Å²) in [6.45, 7) is 0. The summed E-state index contributed by atoms with van der Waals surface area (Å²) in [7, 11) is 0. The number of nitriles is 2. The molecule has 0 saturated heterocycles. The van der Waals surface area contributed by atoms with Crippen LogP contribution in [0.1, 0.15) is 5.56 Å². The minimum Gasteiger partial charge on any atom is -0.330 e. The maximum Gasteiger partial charge on any atom is 0.210 e. The highest BCUT2D eigenvalue weighted by molar-refractivity contribution is 8.01. The average Bonchev–Trinajstić information content (AvgIpc) is 2.85. The Kier molecular flexibility index (Phi) is 4.13. The molecule has 5 nitrogen and oxygen atoms in total. The molecule has 0 aliphatic heterocycles. The van der Waals surface area contributed by atoms with Gasteiger partial charge in [0.25, 0.3) is 0 Å². The average molecular weight is 273 g/mol. The van der Waals surface area contributed by atoms with Crippen LogP contribution < -0.4 is 5.32 Å². The smallest absolute Gasteiger partial charge is 0.210 e. The lowest BCUT2D eigenvalue weighted by atomic mass is 10.2. The van der Waals surface area contributed by atoms with Gasteiger partial charge in [-0.15, -0.1) is 10.2 Å². The summed E-state index contributed by atoms with van der Waals surface area (Å²) in [5.74, 6) is 0.367. The number of thioether (sulfide) groups is 1. The van der Waals surface area contributed by atoms with E-state index in [4.69, 9.17) is 10.5 Å². The van der Waals surface area contributed by atoms with Crippen LogP contribution in [0, 0.1) is 22.7 Å². The largest absolute Gasteiger partial charge is 0.330 e. The second-order valence-corrected chi connectivity index (χ2v) is 5.33. The fourth-order valence-electron chi connectivity index (χ4n) is 1.16. The first-order valence-electron chi connectivity index (χ1n) is 4.92. The zero-order valence-corrected chi connectivity index (χ0v) is 10.8. The minimum atomic E-state index is 0.367. The van der Waals surface area contributed by atoms with Crippen LogP contribution in [0.5, 0.6) is 0 Å². The first-order chi connectivity index (χ1) is 8.81. The Bertz CT molecular complexity index is 606. The lowest BCUT2D eigenvalue weighted by Crippen LogP contribution is -1.89. The summed E-state index contributed by atoms with van der Waals surface area (Å²) in [5.41, 5.74) is 1.46. The van der Waals surface area contributed by atoms with E-state index in [0.29, 0.717) is 16.4 Å². The van der Waals surface area contributed by atoms with E-state index in [-0.39, 0.29) is 0 Å². The third-order valence-corrected chi connectivity index (χ3v) is 3.77. The molecule has 7 heteroatoms. The van der Waals surface area contributed by atoms with Gasteiger partial charge in [0.05, 0.1) is 23.5 Å². The summed E-state index contributed by atoms with van der Waals surface area (Å²) in [5, 5.41) is 28.8. The van der Waals surface area contributed by atoms with Gasteiger partial charge in [-0.25, -0.2) is 0 Å². The molecule has 0 saturated carbocycles. The SMILES string of the molecule is N#CCSc1nnc(Nc2ccc(C#N)cc2)s1. The number of nitrogens with one attached hydrogen (secondary N) is 1. The molecule has 1 aromatic heterocycles. The zero-order valence-electron chi connectivity index (χ0n) is 9.12. The molecule has 0 aliphatic rings. The summed E-state index contributed by atoms with van der Waals surface area (Å²) in [4.78, 5) is 0. The van der Waals surface area contributed by atoms with Crippen LogP contribution in [-0.4, -0.2) is 16.0 Å². The van der Waals surface area contributed by atoms with Crippen LogP contribution in [-0.2, 0) is 0 Å². The fraction of sp³-hybridized carbons (Fsp3) is 0.0909. The molecule has 0 bridgehead atoms. The molecule has 0 fully saturated rings. The van der Waals surface area contributed by atoms with Crippen molar-refractivity contribution in [2.24, 2.45) is 0 Å². The number of aromatic nitrogens is 2. The molecule has 1 heterocycles. The Morgan fingerprint density at radius 1 is 1.22 bits per heavy atom. The molecule has 0 amide bonds. The van der Waals surface area contributed by atoms with Gasteiger partial charge in [0, 0.05) is 5.69 Å². The first kappa shape index (κ1) is 12.4. The lowest BCUT2D eigenvalue weighted by molar-refractivity contribution is 1.01. The third-order valence-electron chi connectivity index (χ3n) is 1.93. The second-order valence-electron chi connectivity index (χ2n) is 3.13. The van der Waals surface area contributed by atoms with Gasteiger partial charge in [0.15, 0.2) is 4.34 Å². The molecular formula is C11H7N5S2. The number of benzene rings is 1. The van der Waals surface area contributed by atoms with Crippen molar-refractivity contribution < 1.29 is 0 Å². The van der Waals surface area contributed by atoms with Crippen molar-refractivity contribution in [2.45, 2.75) is 4.34 Å². The normalized spacial score (nSPS) is 9.44. The van der Waals surface area contributed by atoms with Gasteiger partial charge >= 0.3 is 0 Å². The van der Waals surface area contributed by atoms with Crippen molar-refractivity contribution in [3.05, 3.63) is 29.8 Å². The van der Waals surface area contributed by atoms with Gasteiger partial charge in [-0.3, -0.25) is 0 Å². The Balaban J connectivity index is 2.02. The maximum absolute atomic E-state index is 8.68. The Morgan fingerprint density at radius 2 is 2.00 bits per heavy atom. The van der Waals surface area contributed by atoms with Gasteiger partial charge in [-0.1, -0.05) is 23.1 Å². The molecule has 18 heavy (non-hydrogen) atoms. The summed E-state index contributed by atoms with van der Waals surface area (Å²) in [6, 6.07) is 11.2. The van der Waals surface area contributed by atoms with Crippen LogP contribution in [0.15, 0.2) is 28.6 Å². The van der Waals surface area contributed by atoms with Crippen molar-refractivity contribution in [1.29, 1.82) is 10.5 Å². The molecule has 0 aliphatic carbocycles. The summed E-state index contributed by atoms with van der Waals surface area (Å²) in [6.07, 6.45) is 0. The molecule has 0 unspecified atom stereocenters. The topological polar surface area (TPSA) is 85.4 Å². The van der Waals surface area contributed by atoms with Crippen LogP contribution >= 0.6 is 23.1 Å². The highest BCUT2D eigenvalue weighted by Crippen LogP contribution is 2.27. The van der Waals surface area contributed by atoms with E-state index >= 15 is 0 Å². The molecule has 0 spiro atoms. The fourth-order valence-corrected chi connectivity index (χ4v) is 2.60. The molecule has 88 valence electrons. The van der Waals surface area contributed by atoms with Crippen LogP contribution in [0.2, 0.25) is 0 Å². The van der Waals surface area contributed by atoms with E-state index in [0.717, 1.165) is 10.0 Å². The number of hydrogen-bond acceptors (Lipinski definition) is 7. The van der Waals surface area contributed by atoms with Gasteiger partial charge < -0.3 is 5.32 Å². The molecule has 0 radical (unpaired) electrons. The van der Waals surface area contributed by atoms with Crippen molar-refractivity contribution >= 4 is 33.9 Å². The zero-order chi connectivity index (χ0) is 12.8. The van der Waals surface area contributed by atoms with Crippen molar-refractivity contribution in [2.75, 3.05) is 11.1 Å². The van der Waals surface area contributed by atoms with E-state index in [1.807, 2.05) is 18.2 Å². The quantitative estimate of drug-likeness (QED) is 0.862. The minimum absolute atomic E-state index is 0.367. The van der Waals surface area contributed by atoms with Gasteiger partial charge in [-0.05, 0) is 24.3 Å². The Hall–Kier alpha value is -2.09. The summed E-state index contributed by atoms with van der Waals surface area (Å²) < 4.78 is 0.757. The van der Waals surface area contributed by atoms with Crippen LogP contribution in [0.4, 0.5) is 10.8 Å². The van der Waals surface area contributed by atoms with E-state index in [9.17, 15) is 0 Å². The standard InChI is InChI=1S/C11H7N5S2/c12-5-6-17-11-16-15-10(18-11)14-9-3-1-8(7-13)2-4-9/h1-4H,6H2,(H,14,15). The molecular weight excluding hydrogens is 266 g/mol. The number of nitrogens with zero attached hydrogens (tertiary/aromatic N) is 4. The van der Waals surface area contributed by atoms with Crippen molar-refractivity contribution in [3.8, 4) is 12.1 Å². The Labute approximate surface area is 112 Å². The van der Waals surface area contributed by atoms with E-state index in [1.165, 1.54) is 23.1 Å². The highest BCUT2D eigenvalue weighted by Gasteiger charge is 2.04. The predicted molar refractivity (Wildman–Crippen MR) is 70.7 cm³/mol. The van der Waals surface area contributed by atoms with Gasteiger partial charge in [0.2, 0.25) is 5.13 Å². The van der Waals surface area contributed by atoms with E-state index in [1.54, 1.807) is 12.1 Å². The molecule has 1 N–H and O–H groups in total. The predicted octanol–water partition coefficient (Wildman–Crippen LogP) is 2.77. The highest BCUT2D eigenvalue weighted by atomic mass is 32.2. The summed E-state index contributed by atoms with van der Waals surface area (Å²) >= 11 is 2.75. The maximum atomic E-state index is 8.68. The molecule has 1 aromatic carbocycles. The Morgan fingerprint density at radius 3 is 2.67 bits per heavy atom. The number of anilines is 2.